The molecule has 0 atom stereocenters. The van der Waals surface area contributed by atoms with Crippen molar-refractivity contribution in [1.82, 2.24) is 14.5 Å². The average molecular weight is 426 g/mol. The van der Waals surface area contributed by atoms with E-state index in [0.29, 0.717) is 19.6 Å². The second-order valence-electron chi connectivity index (χ2n) is 8.09. The van der Waals surface area contributed by atoms with E-state index in [2.05, 4.69) is 5.32 Å². The zero-order valence-corrected chi connectivity index (χ0v) is 18.6. The Hall–Kier alpha value is -2.13. The minimum Gasteiger partial charge on any atom is -0.495 e. The van der Waals surface area contributed by atoms with E-state index < -0.39 is 21.5 Å². The summed E-state index contributed by atoms with van der Waals surface area (Å²) in [5.41, 5.74) is -0.203. The van der Waals surface area contributed by atoms with Gasteiger partial charge in [0.05, 0.1) is 13.7 Å². The summed E-state index contributed by atoms with van der Waals surface area (Å²) in [5.74, 6) is -0.481. The van der Waals surface area contributed by atoms with E-state index >= 15 is 0 Å². The molecule has 0 spiro atoms. The molecule has 1 aromatic rings. The highest BCUT2D eigenvalue weighted by atomic mass is 32.2. The number of hydrogen-bond donors (Lipinski definition) is 1. The van der Waals surface area contributed by atoms with Gasteiger partial charge in [0, 0.05) is 30.7 Å². The van der Waals surface area contributed by atoms with Crippen LogP contribution in [0.25, 0.3) is 0 Å². The second kappa shape index (κ2) is 9.13. The van der Waals surface area contributed by atoms with Crippen LogP contribution in [0.4, 0.5) is 0 Å². The predicted octanol–water partition coefficient (Wildman–Crippen LogP) is 1.86. The minimum atomic E-state index is -3.76. The number of likely N-dealkylation sites (N-methyl/N-ethyl adjacent to an activating group) is 1. The van der Waals surface area contributed by atoms with Gasteiger partial charge in [-0.1, -0.05) is 0 Å². The summed E-state index contributed by atoms with van der Waals surface area (Å²) >= 11 is 0. The van der Waals surface area contributed by atoms with Gasteiger partial charge in [-0.15, -0.1) is 0 Å². The summed E-state index contributed by atoms with van der Waals surface area (Å²) in [4.78, 5) is 26.6. The fraction of sp³-hybridized carbons (Fsp3) is 0.600. The summed E-state index contributed by atoms with van der Waals surface area (Å²) < 4.78 is 32.7. The van der Waals surface area contributed by atoms with E-state index in [1.807, 2.05) is 20.8 Å². The molecular weight excluding hydrogens is 394 g/mol. The number of amides is 2. The quantitative estimate of drug-likeness (QED) is 0.719. The molecule has 1 heterocycles. The van der Waals surface area contributed by atoms with Gasteiger partial charge in [0.25, 0.3) is 5.91 Å². The highest BCUT2D eigenvalue weighted by molar-refractivity contribution is 7.89. The molecule has 8 nitrogen and oxygen atoms in total. The third-order valence-electron chi connectivity index (χ3n) is 4.61. The molecule has 0 saturated carbocycles. The van der Waals surface area contributed by atoms with Crippen LogP contribution in [-0.4, -0.2) is 68.3 Å². The summed E-state index contributed by atoms with van der Waals surface area (Å²) in [6.07, 6.45) is 1.62. The zero-order chi connectivity index (χ0) is 21.8. The fourth-order valence-corrected chi connectivity index (χ4v) is 4.92. The first-order valence-electron chi connectivity index (χ1n) is 9.78. The molecule has 1 aromatic carbocycles. The predicted molar refractivity (Wildman–Crippen MR) is 110 cm³/mol. The Labute approximate surface area is 173 Å². The minimum absolute atomic E-state index is 0.0250. The Morgan fingerprint density at radius 3 is 2.34 bits per heavy atom. The Morgan fingerprint density at radius 2 is 1.83 bits per heavy atom. The summed E-state index contributed by atoms with van der Waals surface area (Å²) in [7, 11) is -2.36. The van der Waals surface area contributed by atoms with Gasteiger partial charge in [0.2, 0.25) is 15.9 Å². The van der Waals surface area contributed by atoms with Crippen molar-refractivity contribution in [2.24, 2.45) is 0 Å². The van der Waals surface area contributed by atoms with Crippen molar-refractivity contribution < 1.29 is 22.7 Å². The van der Waals surface area contributed by atoms with E-state index in [1.165, 1.54) is 34.5 Å². The van der Waals surface area contributed by atoms with Crippen molar-refractivity contribution in [2.75, 3.05) is 33.3 Å². The van der Waals surface area contributed by atoms with Crippen LogP contribution in [0.5, 0.6) is 5.75 Å². The Morgan fingerprint density at radius 1 is 1.21 bits per heavy atom. The largest absolute Gasteiger partial charge is 0.495 e. The molecule has 1 aliphatic rings. The lowest BCUT2D eigenvalue weighted by atomic mass is 10.1. The van der Waals surface area contributed by atoms with Gasteiger partial charge < -0.3 is 15.0 Å². The Bertz CT molecular complexity index is 855. The second-order valence-corrected chi connectivity index (χ2v) is 10.0. The van der Waals surface area contributed by atoms with Gasteiger partial charge in [-0.25, -0.2) is 8.42 Å². The molecule has 162 valence electrons. The molecule has 0 bridgehead atoms. The van der Waals surface area contributed by atoms with Crippen molar-refractivity contribution in [3.63, 3.8) is 0 Å². The Kier molecular flexibility index (Phi) is 7.29. The van der Waals surface area contributed by atoms with Crippen LogP contribution >= 0.6 is 0 Å². The summed E-state index contributed by atoms with van der Waals surface area (Å²) in [6.45, 7) is 8.48. The van der Waals surface area contributed by atoms with Crippen molar-refractivity contribution in [3.8, 4) is 5.75 Å². The molecule has 0 aromatic heterocycles. The molecule has 2 amide bonds. The standard InChI is InChI=1S/C20H31N3O5S/c1-6-22(14-18(24)21-20(2,3)4)19(25)15-9-10-16(28-5)17(13-15)29(26,27)23-11-7-8-12-23/h9-10,13H,6-8,11-12,14H2,1-5H3,(H,21,24). The third kappa shape index (κ3) is 5.70. The van der Waals surface area contributed by atoms with E-state index in [4.69, 9.17) is 4.74 Å². The third-order valence-corrected chi connectivity index (χ3v) is 6.53. The van der Waals surface area contributed by atoms with Gasteiger partial charge in [0.15, 0.2) is 0 Å². The highest BCUT2D eigenvalue weighted by Gasteiger charge is 2.31. The smallest absolute Gasteiger partial charge is 0.254 e. The van der Waals surface area contributed by atoms with E-state index in [1.54, 1.807) is 6.92 Å². The van der Waals surface area contributed by atoms with Gasteiger partial charge in [-0.2, -0.15) is 4.31 Å². The van der Waals surface area contributed by atoms with E-state index in [9.17, 15) is 18.0 Å². The zero-order valence-electron chi connectivity index (χ0n) is 17.8. The van der Waals surface area contributed by atoms with Gasteiger partial charge in [-0.3, -0.25) is 9.59 Å². The number of rotatable bonds is 7. The first-order chi connectivity index (χ1) is 13.5. The topological polar surface area (TPSA) is 96.0 Å². The van der Waals surface area contributed by atoms with Crippen LogP contribution in [-0.2, 0) is 14.8 Å². The van der Waals surface area contributed by atoms with Gasteiger partial charge in [0.1, 0.15) is 10.6 Å². The molecule has 1 fully saturated rings. The normalized spacial score (nSPS) is 15.2. The summed E-state index contributed by atoms with van der Waals surface area (Å²) in [6, 6.07) is 4.35. The molecule has 0 radical (unpaired) electrons. The van der Waals surface area contributed by atoms with Crippen LogP contribution in [0, 0.1) is 0 Å². The number of nitrogens with one attached hydrogen (secondary N) is 1. The molecule has 29 heavy (non-hydrogen) atoms. The van der Waals surface area contributed by atoms with Crippen molar-refractivity contribution in [1.29, 1.82) is 0 Å². The highest BCUT2D eigenvalue weighted by Crippen LogP contribution is 2.30. The number of sulfonamides is 1. The monoisotopic (exact) mass is 425 g/mol. The maximum atomic E-state index is 13.0. The summed E-state index contributed by atoms with van der Waals surface area (Å²) in [5, 5.41) is 2.83. The number of ether oxygens (including phenoxy) is 1. The lowest BCUT2D eigenvalue weighted by molar-refractivity contribution is -0.123. The van der Waals surface area contributed by atoms with Crippen molar-refractivity contribution >= 4 is 21.8 Å². The van der Waals surface area contributed by atoms with E-state index in [-0.39, 0.29) is 28.7 Å². The Balaban J connectivity index is 2.31. The number of carbonyl (C=O) groups excluding carboxylic acids is 2. The lowest BCUT2D eigenvalue weighted by Gasteiger charge is -2.25. The van der Waals surface area contributed by atoms with E-state index in [0.717, 1.165) is 12.8 Å². The number of nitrogens with zero attached hydrogens (tertiary/aromatic N) is 2. The first-order valence-corrected chi connectivity index (χ1v) is 11.2. The molecule has 0 aliphatic carbocycles. The van der Waals surface area contributed by atoms with Crippen LogP contribution in [0.1, 0.15) is 50.9 Å². The molecule has 0 unspecified atom stereocenters. The number of benzene rings is 1. The van der Waals surface area contributed by atoms with Crippen LogP contribution < -0.4 is 10.1 Å². The van der Waals surface area contributed by atoms with Crippen LogP contribution in [0.15, 0.2) is 23.1 Å². The molecule has 2 rings (SSSR count). The molecule has 1 N–H and O–H groups in total. The molecule has 1 aliphatic heterocycles. The molecule has 1 saturated heterocycles. The first kappa shape index (κ1) is 23.2. The lowest BCUT2D eigenvalue weighted by Crippen LogP contribution is -2.47. The number of carbonyl (C=O) groups is 2. The maximum absolute atomic E-state index is 13.0. The molecule has 9 heteroatoms. The SMILES string of the molecule is CCN(CC(=O)NC(C)(C)C)C(=O)c1ccc(OC)c(S(=O)(=O)N2CCCC2)c1. The fourth-order valence-electron chi connectivity index (χ4n) is 3.22. The number of methoxy groups -OCH3 is 1. The number of hydrogen-bond acceptors (Lipinski definition) is 5. The van der Waals surface area contributed by atoms with Crippen molar-refractivity contribution in [2.45, 2.75) is 51.0 Å². The molecular formula is C20H31N3O5S. The maximum Gasteiger partial charge on any atom is 0.254 e. The van der Waals surface area contributed by atoms with Crippen LogP contribution in [0.2, 0.25) is 0 Å². The van der Waals surface area contributed by atoms with Crippen molar-refractivity contribution in [3.05, 3.63) is 23.8 Å². The van der Waals surface area contributed by atoms with Crippen LogP contribution in [0.3, 0.4) is 0 Å². The van der Waals surface area contributed by atoms with Gasteiger partial charge in [-0.05, 0) is 58.7 Å². The average Bonchev–Trinajstić information content (AvgIpc) is 3.19. The van der Waals surface area contributed by atoms with Gasteiger partial charge >= 0.3 is 0 Å².